The normalized spacial score (nSPS) is 20.2. The zero-order valence-corrected chi connectivity index (χ0v) is 8.96. The van der Waals surface area contributed by atoms with E-state index in [4.69, 9.17) is 16.3 Å². The highest BCUT2D eigenvalue weighted by atomic mass is 35.5. The molecule has 0 radical (unpaired) electrons. The van der Waals surface area contributed by atoms with Crippen molar-refractivity contribution in [3.8, 4) is 0 Å². The third-order valence-corrected chi connectivity index (χ3v) is 2.66. The van der Waals surface area contributed by atoms with Crippen LogP contribution in [-0.4, -0.2) is 19.1 Å². The quantitative estimate of drug-likeness (QED) is 0.839. The first kappa shape index (κ1) is 10.5. The molecule has 0 bridgehead atoms. The maximum Gasteiger partial charge on any atom is 0.229 e. The van der Waals surface area contributed by atoms with Gasteiger partial charge in [-0.15, -0.1) is 0 Å². The lowest BCUT2D eigenvalue weighted by Gasteiger charge is -2.08. The van der Waals surface area contributed by atoms with Crippen molar-refractivity contribution < 1.29 is 9.53 Å². The lowest BCUT2D eigenvalue weighted by molar-refractivity contribution is -0.119. The highest BCUT2D eigenvalue weighted by molar-refractivity contribution is 6.30. The molecule has 1 aliphatic rings. The standard InChI is InChI=1S/C11H12ClNO2/c12-9-1-3-10(4-2-9)13-11(14)8-5-6-15-7-8/h1-4,8H,5-7H2,(H,13,14). The minimum atomic E-state index is -0.0133. The monoisotopic (exact) mass is 225 g/mol. The second kappa shape index (κ2) is 4.64. The van der Waals surface area contributed by atoms with E-state index in [1.807, 2.05) is 0 Å². The summed E-state index contributed by atoms with van der Waals surface area (Å²) in [5, 5.41) is 3.50. The second-order valence-corrected chi connectivity index (χ2v) is 3.99. The number of carbonyl (C=O) groups excluding carboxylic acids is 1. The van der Waals surface area contributed by atoms with Crippen molar-refractivity contribution in [1.29, 1.82) is 0 Å². The predicted octanol–water partition coefficient (Wildman–Crippen LogP) is 2.32. The molecule has 0 saturated carbocycles. The van der Waals surface area contributed by atoms with Crippen LogP contribution >= 0.6 is 11.6 Å². The number of hydrogen-bond acceptors (Lipinski definition) is 2. The Kier molecular flexibility index (Phi) is 3.23. The lowest BCUT2D eigenvalue weighted by atomic mass is 10.1. The van der Waals surface area contributed by atoms with E-state index in [-0.39, 0.29) is 11.8 Å². The summed E-state index contributed by atoms with van der Waals surface area (Å²) < 4.78 is 5.15. The summed E-state index contributed by atoms with van der Waals surface area (Å²) in [7, 11) is 0. The molecular weight excluding hydrogens is 214 g/mol. The van der Waals surface area contributed by atoms with Crippen LogP contribution in [0.3, 0.4) is 0 Å². The predicted molar refractivity (Wildman–Crippen MR) is 59.0 cm³/mol. The van der Waals surface area contributed by atoms with Gasteiger partial charge in [0, 0.05) is 17.3 Å². The van der Waals surface area contributed by atoms with Crippen LogP contribution in [0.15, 0.2) is 24.3 Å². The third kappa shape index (κ3) is 2.70. The Bertz CT molecular complexity index is 344. The molecule has 15 heavy (non-hydrogen) atoms. The van der Waals surface area contributed by atoms with Gasteiger partial charge in [-0.2, -0.15) is 0 Å². The number of benzene rings is 1. The first-order chi connectivity index (χ1) is 7.25. The van der Waals surface area contributed by atoms with Gasteiger partial charge in [-0.05, 0) is 30.7 Å². The van der Waals surface area contributed by atoms with E-state index >= 15 is 0 Å². The fourth-order valence-electron chi connectivity index (χ4n) is 1.52. The molecule has 4 heteroatoms. The van der Waals surface area contributed by atoms with Gasteiger partial charge in [0.15, 0.2) is 0 Å². The average molecular weight is 226 g/mol. The number of ether oxygens (including phenoxy) is 1. The largest absolute Gasteiger partial charge is 0.381 e. The van der Waals surface area contributed by atoms with Crippen LogP contribution in [0, 0.1) is 5.92 Å². The van der Waals surface area contributed by atoms with Gasteiger partial charge < -0.3 is 10.1 Å². The molecule has 1 aliphatic heterocycles. The molecular formula is C11H12ClNO2. The third-order valence-electron chi connectivity index (χ3n) is 2.41. The summed E-state index contributed by atoms with van der Waals surface area (Å²) in [6, 6.07) is 7.08. The Hall–Kier alpha value is -1.06. The minimum Gasteiger partial charge on any atom is -0.381 e. The molecule has 80 valence electrons. The second-order valence-electron chi connectivity index (χ2n) is 3.56. The van der Waals surface area contributed by atoms with Crippen molar-refractivity contribution >= 4 is 23.2 Å². The Labute approximate surface area is 93.4 Å². The van der Waals surface area contributed by atoms with Gasteiger partial charge in [-0.1, -0.05) is 11.6 Å². The molecule has 1 unspecified atom stereocenters. The van der Waals surface area contributed by atoms with Gasteiger partial charge in [-0.3, -0.25) is 4.79 Å². The zero-order chi connectivity index (χ0) is 10.7. The Morgan fingerprint density at radius 2 is 2.13 bits per heavy atom. The van der Waals surface area contributed by atoms with E-state index in [1.165, 1.54) is 0 Å². The molecule has 1 saturated heterocycles. The summed E-state index contributed by atoms with van der Waals surface area (Å²) in [6.07, 6.45) is 0.805. The van der Waals surface area contributed by atoms with Crippen molar-refractivity contribution in [1.82, 2.24) is 0 Å². The van der Waals surface area contributed by atoms with Gasteiger partial charge in [0.25, 0.3) is 0 Å². The summed E-state index contributed by atoms with van der Waals surface area (Å²) in [5.41, 5.74) is 0.774. The average Bonchev–Trinajstić information content (AvgIpc) is 2.74. The van der Waals surface area contributed by atoms with Crippen molar-refractivity contribution in [2.75, 3.05) is 18.5 Å². The zero-order valence-electron chi connectivity index (χ0n) is 8.20. The van der Waals surface area contributed by atoms with E-state index in [0.29, 0.717) is 18.2 Å². The maximum atomic E-state index is 11.7. The van der Waals surface area contributed by atoms with Gasteiger partial charge in [-0.25, -0.2) is 0 Å². The number of rotatable bonds is 2. The van der Waals surface area contributed by atoms with E-state index in [0.717, 1.165) is 12.1 Å². The first-order valence-corrected chi connectivity index (χ1v) is 5.27. The lowest BCUT2D eigenvalue weighted by Crippen LogP contribution is -2.22. The number of halogens is 1. The van der Waals surface area contributed by atoms with E-state index in [1.54, 1.807) is 24.3 Å². The number of amides is 1. The van der Waals surface area contributed by atoms with E-state index in [9.17, 15) is 4.79 Å². The molecule has 0 spiro atoms. The fourth-order valence-corrected chi connectivity index (χ4v) is 1.64. The van der Waals surface area contributed by atoms with Crippen LogP contribution in [0.2, 0.25) is 5.02 Å². The Morgan fingerprint density at radius 1 is 1.40 bits per heavy atom. The molecule has 2 rings (SSSR count). The van der Waals surface area contributed by atoms with Crippen LogP contribution in [0.4, 0.5) is 5.69 Å². The Balaban J connectivity index is 1.96. The highest BCUT2D eigenvalue weighted by Crippen LogP contribution is 2.17. The van der Waals surface area contributed by atoms with Crippen LogP contribution in [0.5, 0.6) is 0 Å². The molecule has 3 nitrogen and oxygen atoms in total. The summed E-state index contributed by atoms with van der Waals surface area (Å²) in [6.45, 7) is 1.21. The van der Waals surface area contributed by atoms with Crippen LogP contribution < -0.4 is 5.32 Å². The molecule has 1 amide bonds. The number of nitrogens with one attached hydrogen (secondary N) is 1. The summed E-state index contributed by atoms with van der Waals surface area (Å²) in [5.74, 6) is 0.00972. The van der Waals surface area contributed by atoms with Crippen LogP contribution in [-0.2, 0) is 9.53 Å². The fraction of sp³-hybridized carbons (Fsp3) is 0.364. The van der Waals surface area contributed by atoms with Gasteiger partial charge in [0.05, 0.1) is 12.5 Å². The van der Waals surface area contributed by atoms with Crippen LogP contribution in [0.1, 0.15) is 6.42 Å². The smallest absolute Gasteiger partial charge is 0.229 e. The molecule has 0 aromatic heterocycles. The molecule has 1 aromatic rings. The Morgan fingerprint density at radius 3 is 2.73 bits per heavy atom. The molecule has 1 atom stereocenters. The number of carbonyl (C=O) groups is 1. The van der Waals surface area contributed by atoms with E-state index in [2.05, 4.69) is 5.32 Å². The highest BCUT2D eigenvalue weighted by Gasteiger charge is 2.23. The van der Waals surface area contributed by atoms with Gasteiger partial charge >= 0.3 is 0 Å². The van der Waals surface area contributed by atoms with Crippen LogP contribution in [0.25, 0.3) is 0 Å². The van der Waals surface area contributed by atoms with E-state index < -0.39 is 0 Å². The van der Waals surface area contributed by atoms with Crippen molar-refractivity contribution in [3.63, 3.8) is 0 Å². The number of hydrogen-bond donors (Lipinski definition) is 1. The van der Waals surface area contributed by atoms with Gasteiger partial charge in [0.1, 0.15) is 0 Å². The number of anilines is 1. The van der Waals surface area contributed by atoms with Crippen molar-refractivity contribution in [2.45, 2.75) is 6.42 Å². The van der Waals surface area contributed by atoms with Crippen molar-refractivity contribution in [3.05, 3.63) is 29.3 Å². The summed E-state index contributed by atoms with van der Waals surface area (Å²) in [4.78, 5) is 11.7. The van der Waals surface area contributed by atoms with Gasteiger partial charge in [0.2, 0.25) is 5.91 Å². The molecule has 1 N–H and O–H groups in total. The maximum absolute atomic E-state index is 11.7. The molecule has 0 aliphatic carbocycles. The SMILES string of the molecule is O=C(Nc1ccc(Cl)cc1)C1CCOC1. The minimum absolute atomic E-state index is 0.0133. The summed E-state index contributed by atoms with van der Waals surface area (Å²) >= 11 is 5.74. The topological polar surface area (TPSA) is 38.3 Å². The molecule has 1 heterocycles. The molecule has 1 aromatic carbocycles. The van der Waals surface area contributed by atoms with Crippen molar-refractivity contribution in [2.24, 2.45) is 5.92 Å². The molecule has 1 fully saturated rings. The first-order valence-electron chi connectivity index (χ1n) is 4.90.